The number of nitroso groups, excluding NO2 is 1. The van der Waals surface area contributed by atoms with Crippen LogP contribution in [0.1, 0.15) is 24.8 Å². The van der Waals surface area contributed by atoms with Gasteiger partial charge in [-0.2, -0.15) is 4.91 Å². The second-order valence-corrected chi connectivity index (χ2v) is 5.03. The molecule has 1 unspecified atom stereocenters. The summed E-state index contributed by atoms with van der Waals surface area (Å²) in [7, 11) is 0. The Morgan fingerprint density at radius 1 is 1.40 bits per heavy atom. The number of rotatable bonds is 5. The van der Waals surface area contributed by atoms with Crippen molar-refractivity contribution in [1.29, 1.82) is 0 Å². The number of nitrogens with zero attached hydrogens (tertiary/aromatic N) is 2. The fourth-order valence-electron chi connectivity index (χ4n) is 2.07. The number of anilines is 1. The van der Waals surface area contributed by atoms with E-state index in [1.54, 1.807) is 0 Å². The van der Waals surface area contributed by atoms with Gasteiger partial charge in [-0.05, 0) is 30.5 Å². The molecule has 1 aromatic carbocycles. The lowest BCUT2D eigenvalue weighted by Gasteiger charge is -2.16. The SMILES string of the molecule is O=NC1CCC(c2ccc(NC(=O)CCCl)cc2)=NC1. The van der Waals surface area contributed by atoms with Crippen LogP contribution in [-0.4, -0.2) is 30.1 Å². The lowest BCUT2D eigenvalue weighted by molar-refractivity contribution is -0.115. The van der Waals surface area contributed by atoms with Crippen molar-refractivity contribution in [2.24, 2.45) is 10.2 Å². The number of nitrogens with one attached hydrogen (secondary N) is 1. The number of hydrogen-bond donors (Lipinski definition) is 1. The highest BCUT2D eigenvalue weighted by atomic mass is 35.5. The molecule has 0 radical (unpaired) electrons. The maximum Gasteiger partial charge on any atom is 0.225 e. The lowest BCUT2D eigenvalue weighted by atomic mass is 9.99. The highest BCUT2D eigenvalue weighted by Gasteiger charge is 2.16. The van der Waals surface area contributed by atoms with Gasteiger partial charge in [-0.3, -0.25) is 9.79 Å². The third-order valence-corrected chi connectivity index (χ3v) is 3.37. The molecule has 1 aliphatic heterocycles. The number of alkyl halides is 1. The van der Waals surface area contributed by atoms with E-state index in [1.807, 2.05) is 24.3 Å². The first-order valence-corrected chi connectivity index (χ1v) is 7.08. The highest BCUT2D eigenvalue weighted by Crippen LogP contribution is 2.18. The molecule has 0 aliphatic carbocycles. The van der Waals surface area contributed by atoms with Gasteiger partial charge in [-0.1, -0.05) is 17.3 Å². The van der Waals surface area contributed by atoms with E-state index >= 15 is 0 Å². The van der Waals surface area contributed by atoms with E-state index in [4.69, 9.17) is 11.6 Å². The molecular weight excluding hydrogens is 278 g/mol. The summed E-state index contributed by atoms with van der Waals surface area (Å²) in [5.41, 5.74) is 2.75. The fraction of sp³-hybridized carbons (Fsp3) is 0.429. The quantitative estimate of drug-likeness (QED) is 0.669. The molecule has 0 saturated heterocycles. The van der Waals surface area contributed by atoms with Crippen molar-refractivity contribution in [3.05, 3.63) is 34.7 Å². The molecule has 1 N–H and O–H groups in total. The Kier molecular flexibility index (Phi) is 5.24. The van der Waals surface area contributed by atoms with Gasteiger partial charge in [0.05, 0.1) is 6.54 Å². The Morgan fingerprint density at radius 2 is 2.15 bits per heavy atom. The molecule has 6 heteroatoms. The molecule has 0 bridgehead atoms. The van der Waals surface area contributed by atoms with Gasteiger partial charge in [0.15, 0.2) is 0 Å². The zero-order valence-corrected chi connectivity index (χ0v) is 11.8. The Hall–Kier alpha value is -1.75. The normalized spacial score (nSPS) is 18.2. The average molecular weight is 294 g/mol. The number of amides is 1. The Bertz CT molecular complexity index is 514. The predicted octanol–water partition coefficient (Wildman–Crippen LogP) is 2.97. The van der Waals surface area contributed by atoms with Crippen molar-refractivity contribution < 1.29 is 4.79 Å². The van der Waals surface area contributed by atoms with Crippen molar-refractivity contribution >= 4 is 28.9 Å². The number of carbonyl (C=O) groups excluding carboxylic acids is 1. The first-order valence-electron chi connectivity index (χ1n) is 6.55. The molecule has 0 aromatic heterocycles. The summed E-state index contributed by atoms with van der Waals surface area (Å²) in [5, 5.41) is 5.79. The van der Waals surface area contributed by atoms with Gasteiger partial charge in [-0.15, -0.1) is 11.6 Å². The standard InChI is InChI=1S/C14H16ClN3O2/c15-8-7-14(19)17-11-3-1-10(2-4-11)13-6-5-12(18-20)9-16-13/h1-4,12H,5-9H2,(H,17,19). The molecule has 0 saturated carbocycles. The second kappa shape index (κ2) is 7.14. The van der Waals surface area contributed by atoms with Crippen molar-refractivity contribution in [3.8, 4) is 0 Å². The zero-order chi connectivity index (χ0) is 14.4. The van der Waals surface area contributed by atoms with Gasteiger partial charge in [0.1, 0.15) is 6.04 Å². The zero-order valence-electron chi connectivity index (χ0n) is 11.0. The third kappa shape index (κ3) is 3.87. The molecule has 1 atom stereocenters. The summed E-state index contributed by atoms with van der Waals surface area (Å²) >= 11 is 5.51. The number of hydrogen-bond acceptors (Lipinski definition) is 4. The summed E-state index contributed by atoms with van der Waals surface area (Å²) in [4.78, 5) is 26.2. The van der Waals surface area contributed by atoms with Gasteiger partial charge in [0.2, 0.25) is 5.91 Å². The monoisotopic (exact) mass is 293 g/mol. The largest absolute Gasteiger partial charge is 0.326 e. The second-order valence-electron chi connectivity index (χ2n) is 4.65. The van der Waals surface area contributed by atoms with Crippen molar-refractivity contribution in [1.82, 2.24) is 0 Å². The minimum absolute atomic E-state index is 0.0948. The van der Waals surface area contributed by atoms with Crippen molar-refractivity contribution in [2.45, 2.75) is 25.3 Å². The van der Waals surface area contributed by atoms with Gasteiger partial charge < -0.3 is 5.32 Å². The van der Waals surface area contributed by atoms with E-state index in [0.29, 0.717) is 18.8 Å². The first kappa shape index (κ1) is 14.7. The Morgan fingerprint density at radius 3 is 2.70 bits per heavy atom. The molecule has 0 fully saturated rings. The molecule has 20 heavy (non-hydrogen) atoms. The summed E-state index contributed by atoms with van der Waals surface area (Å²) in [6.45, 7) is 0.465. The number of aliphatic imine (C=N–C) groups is 1. The molecule has 1 heterocycles. The molecule has 0 spiro atoms. The maximum atomic E-state index is 11.4. The lowest BCUT2D eigenvalue weighted by Crippen LogP contribution is -2.19. The molecular formula is C14H16ClN3O2. The van der Waals surface area contributed by atoms with Crippen LogP contribution in [0, 0.1) is 4.91 Å². The Balaban J connectivity index is 2.00. The van der Waals surface area contributed by atoms with Crippen LogP contribution in [0.2, 0.25) is 0 Å². The number of halogens is 1. The summed E-state index contributed by atoms with van der Waals surface area (Å²) < 4.78 is 0. The van der Waals surface area contributed by atoms with Crippen LogP contribution in [0.25, 0.3) is 0 Å². The van der Waals surface area contributed by atoms with Crippen LogP contribution in [0.5, 0.6) is 0 Å². The average Bonchev–Trinajstić information content (AvgIpc) is 2.48. The smallest absolute Gasteiger partial charge is 0.225 e. The van der Waals surface area contributed by atoms with Crippen LogP contribution < -0.4 is 5.32 Å². The topological polar surface area (TPSA) is 70.9 Å². The van der Waals surface area contributed by atoms with Gasteiger partial charge >= 0.3 is 0 Å². The van der Waals surface area contributed by atoms with Crippen LogP contribution in [0.4, 0.5) is 5.69 Å². The molecule has 1 amide bonds. The third-order valence-electron chi connectivity index (χ3n) is 3.18. The Labute approximate surface area is 122 Å². The minimum Gasteiger partial charge on any atom is -0.326 e. The van der Waals surface area contributed by atoms with Gasteiger partial charge in [0, 0.05) is 23.7 Å². The molecule has 1 aliphatic rings. The predicted molar refractivity (Wildman–Crippen MR) is 80.6 cm³/mol. The van der Waals surface area contributed by atoms with Crippen LogP contribution >= 0.6 is 11.6 Å². The van der Waals surface area contributed by atoms with Crippen LogP contribution in [0.15, 0.2) is 34.4 Å². The summed E-state index contributed by atoms with van der Waals surface area (Å²) in [6, 6.07) is 7.34. The van der Waals surface area contributed by atoms with E-state index in [1.165, 1.54) is 0 Å². The van der Waals surface area contributed by atoms with Crippen molar-refractivity contribution in [3.63, 3.8) is 0 Å². The van der Waals surface area contributed by atoms with Gasteiger partial charge in [0.25, 0.3) is 0 Å². The number of carbonyl (C=O) groups is 1. The van der Waals surface area contributed by atoms with Crippen LogP contribution in [0.3, 0.4) is 0 Å². The van der Waals surface area contributed by atoms with E-state index in [-0.39, 0.29) is 11.9 Å². The van der Waals surface area contributed by atoms with E-state index in [9.17, 15) is 9.70 Å². The summed E-state index contributed by atoms with van der Waals surface area (Å²) in [6.07, 6.45) is 1.81. The first-order chi connectivity index (χ1) is 9.72. The maximum absolute atomic E-state index is 11.4. The van der Waals surface area contributed by atoms with Crippen molar-refractivity contribution in [2.75, 3.05) is 17.7 Å². The minimum atomic E-state index is -0.187. The van der Waals surface area contributed by atoms with Crippen LogP contribution in [-0.2, 0) is 4.79 Å². The summed E-state index contributed by atoms with van der Waals surface area (Å²) in [5.74, 6) is 0.217. The van der Waals surface area contributed by atoms with E-state index in [2.05, 4.69) is 15.5 Å². The molecule has 1 aromatic rings. The fourth-order valence-corrected chi connectivity index (χ4v) is 2.24. The van der Waals surface area contributed by atoms with E-state index in [0.717, 1.165) is 29.8 Å². The molecule has 2 rings (SSSR count). The highest BCUT2D eigenvalue weighted by molar-refractivity contribution is 6.19. The molecule has 5 nitrogen and oxygen atoms in total. The van der Waals surface area contributed by atoms with Gasteiger partial charge in [-0.25, -0.2) is 0 Å². The number of benzene rings is 1. The van der Waals surface area contributed by atoms with E-state index < -0.39 is 0 Å². The molecule has 106 valence electrons.